The highest BCUT2D eigenvalue weighted by Gasteiger charge is 2.22. The number of carbonyl (C=O) groups excluding carboxylic acids is 1. The van der Waals surface area contributed by atoms with Crippen LogP contribution in [0.5, 0.6) is 0 Å². The van der Waals surface area contributed by atoms with Crippen LogP contribution >= 0.6 is 0 Å². The Morgan fingerprint density at radius 1 is 1.47 bits per heavy atom. The van der Waals surface area contributed by atoms with E-state index in [1.54, 1.807) is 0 Å². The number of rotatable bonds is 4. The van der Waals surface area contributed by atoms with E-state index in [2.05, 4.69) is 12.2 Å². The minimum atomic E-state index is -0.0202. The lowest BCUT2D eigenvalue weighted by Gasteiger charge is -2.03. The van der Waals surface area contributed by atoms with Crippen LogP contribution in [0.2, 0.25) is 0 Å². The van der Waals surface area contributed by atoms with Crippen LogP contribution in [0, 0.1) is 0 Å². The van der Waals surface area contributed by atoms with Gasteiger partial charge in [0.05, 0.1) is 12.7 Å². The van der Waals surface area contributed by atoms with E-state index in [1.807, 2.05) is 24.3 Å². The summed E-state index contributed by atoms with van der Waals surface area (Å²) in [6.45, 7) is 3.49. The van der Waals surface area contributed by atoms with Crippen molar-refractivity contribution in [3.8, 4) is 0 Å². The number of carbonyl (C=O) groups is 1. The van der Waals surface area contributed by atoms with Gasteiger partial charge < -0.3 is 10.1 Å². The fourth-order valence-electron chi connectivity index (χ4n) is 1.39. The predicted molar refractivity (Wildman–Crippen MR) is 57.9 cm³/mol. The molecule has 0 aliphatic carbocycles. The van der Waals surface area contributed by atoms with Gasteiger partial charge in [-0.2, -0.15) is 0 Å². The predicted octanol–water partition coefficient (Wildman–Crippen LogP) is 1.38. The van der Waals surface area contributed by atoms with Gasteiger partial charge in [0.1, 0.15) is 0 Å². The lowest BCUT2D eigenvalue weighted by Crippen LogP contribution is -2.27. The monoisotopic (exact) mass is 205 g/mol. The zero-order valence-corrected chi connectivity index (χ0v) is 8.82. The summed E-state index contributed by atoms with van der Waals surface area (Å²) in [5.74, 6) is -0.0202. The zero-order valence-electron chi connectivity index (χ0n) is 8.82. The average molecular weight is 205 g/mol. The van der Waals surface area contributed by atoms with Crippen molar-refractivity contribution in [3.05, 3.63) is 35.4 Å². The van der Waals surface area contributed by atoms with E-state index < -0.39 is 0 Å². The van der Waals surface area contributed by atoms with E-state index in [-0.39, 0.29) is 12.0 Å². The smallest absolute Gasteiger partial charge is 0.251 e. The number of hydrogen-bond donors (Lipinski definition) is 1. The molecule has 80 valence electrons. The van der Waals surface area contributed by atoms with E-state index in [1.165, 1.54) is 5.56 Å². The highest BCUT2D eigenvalue weighted by Crippen LogP contribution is 2.08. The first-order chi connectivity index (χ1) is 7.29. The summed E-state index contributed by atoms with van der Waals surface area (Å²) >= 11 is 0. The van der Waals surface area contributed by atoms with Gasteiger partial charge in [0.25, 0.3) is 5.91 Å². The van der Waals surface area contributed by atoms with Crippen LogP contribution in [0.3, 0.4) is 0 Å². The minimum Gasteiger partial charge on any atom is -0.371 e. The Morgan fingerprint density at radius 3 is 2.67 bits per heavy atom. The highest BCUT2D eigenvalue weighted by molar-refractivity contribution is 5.94. The van der Waals surface area contributed by atoms with Gasteiger partial charge in [-0.1, -0.05) is 19.1 Å². The molecule has 1 aliphatic heterocycles. The highest BCUT2D eigenvalue weighted by atomic mass is 16.6. The fraction of sp³-hybridized carbons (Fsp3) is 0.417. The Hall–Kier alpha value is -1.35. The van der Waals surface area contributed by atoms with E-state index in [0.29, 0.717) is 12.1 Å². The molecule has 0 bridgehead atoms. The number of epoxide rings is 1. The van der Waals surface area contributed by atoms with Crippen molar-refractivity contribution in [2.24, 2.45) is 0 Å². The Kier molecular flexibility index (Phi) is 3.02. The lowest BCUT2D eigenvalue weighted by molar-refractivity contribution is 0.0950. The second kappa shape index (κ2) is 4.45. The first-order valence-corrected chi connectivity index (χ1v) is 5.28. The van der Waals surface area contributed by atoms with Crippen molar-refractivity contribution < 1.29 is 9.53 Å². The van der Waals surface area contributed by atoms with E-state index in [9.17, 15) is 4.79 Å². The summed E-state index contributed by atoms with van der Waals surface area (Å²) < 4.78 is 5.02. The molecule has 1 N–H and O–H groups in total. The van der Waals surface area contributed by atoms with Crippen LogP contribution in [0.1, 0.15) is 22.8 Å². The SMILES string of the molecule is CCc1ccc(C(=O)NCC2CO2)cc1. The molecule has 1 amide bonds. The molecule has 0 radical (unpaired) electrons. The van der Waals surface area contributed by atoms with Crippen molar-refractivity contribution in [3.63, 3.8) is 0 Å². The summed E-state index contributed by atoms with van der Waals surface area (Å²) in [5.41, 5.74) is 1.96. The molecule has 1 atom stereocenters. The molecule has 15 heavy (non-hydrogen) atoms. The standard InChI is InChI=1S/C12H15NO2/c1-2-9-3-5-10(6-4-9)12(14)13-7-11-8-15-11/h3-6,11H,2,7-8H2,1H3,(H,13,14). The maximum atomic E-state index is 11.6. The summed E-state index contributed by atoms with van der Waals surface area (Å²) in [6, 6.07) is 7.70. The number of ether oxygens (including phenoxy) is 1. The van der Waals surface area contributed by atoms with Gasteiger partial charge in [0.15, 0.2) is 0 Å². The van der Waals surface area contributed by atoms with Gasteiger partial charge in [0, 0.05) is 12.1 Å². The molecule has 1 heterocycles. The maximum Gasteiger partial charge on any atom is 0.251 e. The van der Waals surface area contributed by atoms with E-state index >= 15 is 0 Å². The number of benzene rings is 1. The molecule has 3 nitrogen and oxygen atoms in total. The van der Waals surface area contributed by atoms with Gasteiger partial charge in [-0.05, 0) is 24.1 Å². The number of nitrogens with one attached hydrogen (secondary N) is 1. The third-order valence-corrected chi connectivity index (χ3v) is 2.52. The second-order valence-electron chi connectivity index (χ2n) is 3.72. The van der Waals surface area contributed by atoms with Gasteiger partial charge in [-0.3, -0.25) is 4.79 Å². The van der Waals surface area contributed by atoms with Crippen molar-refractivity contribution in [2.45, 2.75) is 19.4 Å². The van der Waals surface area contributed by atoms with Crippen molar-refractivity contribution in [1.82, 2.24) is 5.32 Å². The van der Waals surface area contributed by atoms with Crippen LogP contribution in [0.25, 0.3) is 0 Å². The first-order valence-electron chi connectivity index (χ1n) is 5.28. The van der Waals surface area contributed by atoms with E-state index in [4.69, 9.17) is 4.74 Å². The minimum absolute atomic E-state index is 0.0202. The quantitative estimate of drug-likeness (QED) is 0.754. The molecule has 1 aliphatic rings. The largest absolute Gasteiger partial charge is 0.371 e. The molecule has 3 heteroatoms. The van der Waals surface area contributed by atoms with Crippen LogP contribution in [-0.2, 0) is 11.2 Å². The number of amides is 1. The Bertz CT molecular complexity index is 341. The molecule has 0 aromatic heterocycles. The Morgan fingerprint density at radius 2 is 2.13 bits per heavy atom. The summed E-state index contributed by atoms with van der Waals surface area (Å²) in [6.07, 6.45) is 1.24. The molecule has 0 spiro atoms. The third-order valence-electron chi connectivity index (χ3n) is 2.52. The Labute approximate surface area is 89.4 Å². The maximum absolute atomic E-state index is 11.6. The molecule has 1 unspecified atom stereocenters. The molecule has 0 saturated carbocycles. The number of aryl methyl sites for hydroxylation is 1. The lowest BCUT2D eigenvalue weighted by atomic mass is 10.1. The zero-order chi connectivity index (χ0) is 10.7. The summed E-state index contributed by atoms with van der Waals surface area (Å²) in [5, 5.41) is 2.83. The third kappa shape index (κ3) is 2.80. The summed E-state index contributed by atoms with van der Waals surface area (Å²) in [4.78, 5) is 11.6. The van der Waals surface area contributed by atoms with Crippen molar-refractivity contribution in [1.29, 1.82) is 0 Å². The average Bonchev–Trinajstić information content (AvgIpc) is 3.10. The molecular weight excluding hydrogens is 190 g/mol. The van der Waals surface area contributed by atoms with Crippen LogP contribution < -0.4 is 5.32 Å². The van der Waals surface area contributed by atoms with E-state index in [0.717, 1.165) is 13.0 Å². The van der Waals surface area contributed by atoms with Crippen molar-refractivity contribution in [2.75, 3.05) is 13.2 Å². The molecule has 1 aromatic rings. The molecule has 1 fully saturated rings. The van der Waals surface area contributed by atoms with Gasteiger partial charge >= 0.3 is 0 Å². The molecule has 2 rings (SSSR count). The topological polar surface area (TPSA) is 41.6 Å². The molecule has 1 saturated heterocycles. The van der Waals surface area contributed by atoms with Gasteiger partial charge in [-0.25, -0.2) is 0 Å². The molecular formula is C12H15NO2. The normalized spacial score (nSPS) is 18.6. The van der Waals surface area contributed by atoms with Gasteiger partial charge in [0.2, 0.25) is 0 Å². The first kappa shape index (κ1) is 10.2. The van der Waals surface area contributed by atoms with Gasteiger partial charge in [-0.15, -0.1) is 0 Å². The Balaban J connectivity index is 1.91. The van der Waals surface area contributed by atoms with Crippen LogP contribution in [0.4, 0.5) is 0 Å². The van der Waals surface area contributed by atoms with Crippen LogP contribution in [0.15, 0.2) is 24.3 Å². The number of hydrogen-bond acceptors (Lipinski definition) is 2. The van der Waals surface area contributed by atoms with Crippen molar-refractivity contribution >= 4 is 5.91 Å². The fourth-order valence-corrected chi connectivity index (χ4v) is 1.39. The second-order valence-corrected chi connectivity index (χ2v) is 3.72. The summed E-state index contributed by atoms with van der Waals surface area (Å²) in [7, 11) is 0. The molecule has 1 aromatic carbocycles. The van der Waals surface area contributed by atoms with Crippen LogP contribution in [-0.4, -0.2) is 25.2 Å².